The van der Waals surface area contributed by atoms with Crippen LogP contribution in [0.15, 0.2) is 24.3 Å². The number of hydrogen-bond acceptors (Lipinski definition) is 10. The highest BCUT2D eigenvalue weighted by Crippen LogP contribution is 2.56. The third-order valence-corrected chi connectivity index (χ3v) is 7.23. The number of cyclic esters (lactones) is 1. The molecule has 204 valence electrons. The molecule has 4 atom stereocenters. The van der Waals surface area contributed by atoms with Gasteiger partial charge in [-0.1, -0.05) is 0 Å². The maximum Gasteiger partial charge on any atom is 0.407 e. The number of benzene rings is 2. The summed E-state index contributed by atoms with van der Waals surface area (Å²) in [4.78, 5) is 28.0. The van der Waals surface area contributed by atoms with Crippen LogP contribution in [0.5, 0.6) is 28.7 Å². The first-order valence-corrected chi connectivity index (χ1v) is 12.4. The summed E-state index contributed by atoms with van der Waals surface area (Å²) in [6, 6.07) is 7.35. The summed E-state index contributed by atoms with van der Waals surface area (Å²) >= 11 is 0. The van der Waals surface area contributed by atoms with Crippen LogP contribution in [0.25, 0.3) is 0 Å². The number of hydrogen-bond donors (Lipinski definition) is 1. The number of ether oxygens (including phenoxy) is 7. The molecule has 2 aromatic rings. The fourth-order valence-electron chi connectivity index (χ4n) is 5.48. The van der Waals surface area contributed by atoms with Crippen LogP contribution in [0.1, 0.15) is 28.7 Å². The first-order chi connectivity index (χ1) is 18.4. The number of likely N-dealkylation sites (N-methyl/N-ethyl adjacent to an activating group) is 1. The standard InChI is InChI=1S/C27H32N2O9/c1-29(2)7-6-28-27(31)38-24-16-11-19-18(36-13-37-19)10-15(16)22(23-17(24)12-35-26(23)30)14-8-20(32-3)25(34-5)21(9-14)33-4/h8-11,17,22-24H,6-7,12-13H2,1-5H3,(H,28,31)/t17-,22+,23-,24+/m0/s1. The number of carbonyl (C=O) groups is 2. The zero-order valence-corrected chi connectivity index (χ0v) is 22.1. The topological polar surface area (TPSA) is 114 Å². The molecule has 0 radical (unpaired) electrons. The van der Waals surface area contributed by atoms with Crippen molar-refractivity contribution in [2.45, 2.75) is 12.0 Å². The average molecular weight is 529 g/mol. The zero-order valence-electron chi connectivity index (χ0n) is 22.1. The number of alkyl carbamates (subject to hydrolysis) is 1. The van der Waals surface area contributed by atoms with Crippen LogP contribution in [0.3, 0.4) is 0 Å². The minimum Gasteiger partial charge on any atom is -0.493 e. The Hall–Kier alpha value is -3.86. The Kier molecular flexibility index (Phi) is 7.11. The summed E-state index contributed by atoms with van der Waals surface area (Å²) < 4.78 is 39.5. The van der Waals surface area contributed by atoms with Crippen LogP contribution in [0, 0.1) is 11.8 Å². The van der Waals surface area contributed by atoms with Gasteiger partial charge in [-0.25, -0.2) is 4.79 Å². The summed E-state index contributed by atoms with van der Waals surface area (Å²) in [5.74, 6) is 0.628. The lowest BCUT2D eigenvalue weighted by Gasteiger charge is -2.38. The molecule has 1 N–H and O–H groups in total. The molecule has 3 aliphatic rings. The molecule has 2 aliphatic heterocycles. The highest BCUT2D eigenvalue weighted by atomic mass is 16.7. The predicted octanol–water partition coefficient (Wildman–Crippen LogP) is 2.70. The van der Waals surface area contributed by atoms with Gasteiger partial charge in [0.15, 0.2) is 23.0 Å². The largest absolute Gasteiger partial charge is 0.493 e. The molecule has 11 heteroatoms. The van der Waals surface area contributed by atoms with Crippen LogP contribution < -0.4 is 29.0 Å². The van der Waals surface area contributed by atoms with E-state index in [9.17, 15) is 9.59 Å². The van der Waals surface area contributed by atoms with E-state index >= 15 is 0 Å². The monoisotopic (exact) mass is 528 g/mol. The SMILES string of the molecule is COc1cc([C@@H]2c3cc4c(cc3[C@@H](OC(=O)NCCN(C)C)[C@H]3COC(=O)[C@H]23)OCO4)cc(OC)c1OC. The Balaban J connectivity index is 1.61. The van der Waals surface area contributed by atoms with E-state index in [2.05, 4.69) is 5.32 Å². The molecule has 11 nitrogen and oxygen atoms in total. The predicted molar refractivity (Wildman–Crippen MR) is 134 cm³/mol. The molecule has 1 fully saturated rings. The molecular weight excluding hydrogens is 496 g/mol. The molecule has 5 rings (SSSR count). The molecule has 1 amide bonds. The maximum absolute atomic E-state index is 13.2. The van der Waals surface area contributed by atoms with E-state index in [1.54, 1.807) is 14.2 Å². The lowest BCUT2D eigenvalue weighted by atomic mass is 9.66. The fraction of sp³-hybridized carbons (Fsp3) is 0.481. The fourth-order valence-corrected chi connectivity index (χ4v) is 5.48. The van der Waals surface area contributed by atoms with Crippen molar-refractivity contribution in [3.05, 3.63) is 41.0 Å². The van der Waals surface area contributed by atoms with Gasteiger partial charge in [-0.3, -0.25) is 4.79 Å². The first kappa shape index (κ1) is 25.8. The van der Waals surface area contributed by atoms with Gasteiger partial charge in [-0.2, -0.15) is 0 Å². The van der Waals surface area contributed by atoms with Gasteiger partial charge in [0.25, 0.3) is 0 Å². The van der Waals surface area contributed by atoms with Crippen molar-refractivity contribution in [3.8, 4) is 28.7 Å². The van der Waals surface area contributed by atoms with Gasteiger partial charge in [0.05, 0.1) is 33.9 Å². The van der Waals surface area contributed by atoms with Crippen LogP contribution >= 0.6 is 0 Å². The Morgan fingerprint density at radius 2 is 1.63 bits per heavy atom. The van der Waals surface area contributed by atoms with E-state index in [0.29, 0.717) is 41.8 Å². The summed E-state index contributed by atoms with van der Waals surface area (Å²) in [5, 5.41) is 2.79. The number of nitrogens with one attached hydrogen (secondary N) is 1. The zero-order chi connectivity index (χ0) is 27.0. The Morgan fingerprint density at radius 3 is 2.24 bits per heavy atom. The Labute approximate surface area is 220 Å². The molecule has 2 aromatic carbocycles. The van der Waals surface area contributed by atoms with E-state index in [1.165, 1.54) is 7.11 Å². The number of nitrogens with zero attached hydrogens (tertiary/aromatic N) is 1. The molecule has 0 saturated carbocycles. The molecule has 0 spiro atoms. The van der Waals surface area contributed by atoms with Crippen molar-refractivity contribution in [1.29, 1.82) is 0 Å². The summed E-state index contributed by atoms with van der Waals surface area (Å²) in [7, 11) is 8.45. The second kappa shape index (κ2) is 10.5. The van der Waals surface area contributed by atoms with Crippen molar-refractivity contribution in [1.82, 2.24) is 10.2 Å². The van der Waals surface area contributed by atoms with Crippen molar-refractivity contribution < 1.29 is 42.7 Å². The van der Waals surface area contributed by atoms with Gasteiger partial charge in [-0.15, -0.1) is 0 Å². The minimum absolute atomic E-state index is 0.0819. The first-order valence-electron chi connectivity index (χ1n) is 12.4. The van der Waals surface area contributed by atoms with Gasteiger partial charge in [0.2, 0.25) is 12.5 Å². The molecule has 1 saturated heterocycles. The van der Waals surface area contributed by atoms with Crippen molar-refractivity contribution in [2.24, 2.45) is 11.8 Å². The molecule has 2 heterocycles. The van der Waals surface area contributed by atoms with Gasteiger partial charge < -0.3 is 43.4 Å². The normalized spacial score (nSPS) is 22.8. The number of carbonyl (C=O) groups excluding carboxylic acids is 2. The second-order valence-corrected chi connectivity index (χ2v) is 9.65. The number of esters is 1. The lowest BCUT2D eigenvalue weighted by molar-refractivity contribution is -0.141. The number of methoxy groups -OCH3 is 3. The highest BCUT2D eigenvalue weighted by molar-refractivity contribution is 5.79. The third-order valence-electron chi connectivity index (χ3n) is 7.23. The lowest BCUT2D eigenvalue weighted by Crippen LogP contribution is -2.39. The molecule has 0 unspecified atom stereocenters. The maximum atomic E-state index is 13.2. The van der Waals surface area contributed by atoms with Crippen molar-refractivity contribution in [2.75, 3.05) is 61.9 Å². The van der Waals surface area contributed by atoms with Crippen LogP contribution in [-0.2, 0) is 14.3 Å². The molecule has 0 aromatic heterocycles. The Morgan fingerprint density at radius 1 is 0.974 bits per heavy atom. The smallest absolute Gasteiger partial charge is 0.407 e. The van der Waals surface area contributed by atoms with Gasteiger partial charge in [0, 0.05) is 30.5 Å². The van der Waals surface area contributed by atoms with Crippen molar-refractivity contribution in [3.63, 3.8) is 0 Å². The third kappa shape index (κ3) is 4.51. The average Bonchev–Trinajstić information content (AvgIpc) is 3.52. The van der Waals surface area contributed by atoms with E-state index in [-0.39, 0.29) is 19.4 Å². The second-order valence-electron chi connectivity index (χ2n) is 9.65. The molecule has 1 aliphatic carbocycles. The van der Waals surface area contributed by atoms with Gasteiger partial charge in [-0.05, 0) is 49.5 Å². The number of rotatable bonds is 8. The Bertz CT molecular complexity index is 1210. The quantitative estimate of drug-likeness (QED) is 0.513. The van der Waals surface area contributed by atoms with E-state index < -0.39 is 30.0 Å². The van der Waals surface area contributed by atoms with Crippen LogP contribution in [0.2, 0.25) is 0 Å². The highest BCUT2D eigenvalue weighted by Gasteiger charge is 2.54. The number of amides is 1. The molecule has 38 heavy (non-hydrogen) atoms. The summed E-state index contributed by atoms with van der Waals surface area (Å²) in [6.45, 7) is 1.28. The van der Waals surface area contributed by atoms with Gasteiger partial charge in [0.1, 0.15) is 6.10 Å². The van der Waals surface area contributed by atoms with Crippen LogP contribution in [-0.4, -0.2) is 78.9 Å². The minimum atomic E-state index is -0.728. The number of fused-ring (bicyclic) bond motifs is 3. The summed E-state index contributed by atoms with van der Waals surface area (Å²) in [6.07, 6.45) is -1.29. The van der Waals surface area contributed by atoms with Crippen molar-refractivity contribution >= 4 is 12.1 Å². The van der Waals surface area contributed by atoms with E-state index in [4.69, 9.17) is 33.2 Å². The van der Waals surface area contributed by atoms with Gasteiger partial charge >= 0.3 is 12.1 Å². The van der Waals surface area contributed by atoms with E-state index in [0.717, 1.165) is 16.7 Å². The molecule has 0 bridgehead atoms. The molecular formula is C27H32N2O9. The van der Waals surface area contributed by atoms with Crippen LogP contribution in [0.4, 0.5) is 4.79 Å². The summed E-state index contributed by atoms with van der Waals surface area (Å²) in [5.41, 5.74) is 2.27. The van der Waals surface area contributed by atoms with E-state index in [1.807, 2.05) is 43.3 Å².